The maximum Gasteiger partial charge on any atom is 0.265 e. The molecule has 0 amide bonds. The summed E-state index contributed by atoms with van der Waals surface area (Å²) in [6.45, 7) is 12.5. The largest absolute Gasteiger partial charge is 0.470 e. The molecular formula is C27H36N2O5Si. The van der Waals surface area contributed by atoms with Gasteiger partial charge in [-0.3, -0.25) is 14.5 Å². The molecule has 0 aliphatic heterocycles. The quantitative estimate of drug-likeness (QED) is 0.394. The summed E-state index contributed by atoms with van der Waals surface area (Å²) >= 11 is 0. The van der Waals surface area contributed by atoms with Crippen molar-refractivity contribution < 1.29 is 23.3 Å². The number of ether oxygens (including phenoxy) is 1. The Bertz CT molecular complexity index is 1160. The predicted molar refractivity (Wildman–Crippen MR) is 136 cm³/mol. The predicted octanol–water partition coefficient (Wildman–Crippen LogP) is 5.35. The Kier molecular flexibility index (Phi) is 6.45. The summed E-state index contributed by atoms with van der Waals surface area (Å²) in [5.41, 5.74) is 0.0737. The second-order valence-electron chi connectivity index (χ2n) is 11.4. The van der Waals surface area contributed by atoms with Crippen molar-refractivity contribution in [3.8, 4) is 5.88 Å². The molecule has 3 atom stereocenters. The average molecular weight is 497 g/mol. The molecule has 4 rings (SSSR count). The van der Waals surface area contributed by atoms with Crippen molar-refractivity contribution in [2.75, 3.05) is 14.1 Å². The molecule has 0 spiro atoms. The zero-order valence-electron chi connectivity index (χ0n) is 22.0. The number of hydrogen-bond acceptors (Lipinski definition) is 7. The number of nitrogens with zero attached hydrogens (tertiary/aromatic N) is 2. The van der Waals surface area contributed by atoms with Crippen molar-refractivity contribution in [3.05, 3.63) is 58.9 Å². The monoisotopic (exact) mass is 496 g/mol. The van der Waals surface area contributed by atoms with Crippen molar-refractivity contribution in [1.29, 1.82) is 0 Å². The van der Waals surface area contributed by atoms with Gasteiger partial charge in [-0.25, -0.2) is 0 Å². The molecule has 8 heteroatoms. The molecule has 0 unspecified atom stereocenters. The van der Waals surface area contributed by atoms with E-state index in [4.69, 9.17) is 13.7 Å². The number of carbonyl (C=O) groups is 2. The van der Waals surface area contributed by atoms with E-state index in [1.54, 1.807) is 6.92 Å². The number of allylic oxidation sites excluding steroid dienone is 1. The number of rotatable bonds is 6. The van der Waals surface area contributed by atoms with Gasteiger partial charge in [0.05, 0.1) is 6.04 Å². The molecule has 0 bridgehead atoms. The molecule has 2 aliphatic carbocycles. The van der Waals surface area contributed by atoms with Gasteiger partial charge in [0.2, 0.25) is 5.78 Å². The Morgan fingerprint density at radius 1 is 1.14 bits per heavy atom. The summed E-state index contributed by atoms with van der Waals surface area (Å²) < 4.78 is 18.7. The average Bonchev–Trinajstić information content (AvgIpc) is 3.20. The lowest BCUT2D eigenvalue weighted by molar-refractivity contribution is -0.136. The SMILES string of the molecule is CC1=CC[C@H]2[C@H](N(C)C)c3onc(OCc4ccccc4)c3C(=O)[C@@]2(O[Si](C)(C)C(C)(C)C)C1=O. The Morgan fingerprint density at radius 3 is 2.40 bits per heavy atom. The second-order valence-corrected chi connectivity index (χ2v) is 16.1. The fraction of sp³-hybridized carbons (Fsp3) is 0.519. The summed E-state index contributed by atoms with van der Waals surface area (Å²) in [5.74, 6) is -0.558. The van der Waals surface area contributed by atoms with Crippen LogP contribution >= 0.6 is 0 Å². The van der Waals surface area contributed by atoms with Crippen molar-refractivity contribution in [2.45, 2.75) is 70.5 Å². The van der Waals surface area contributed by atoms with Crippen LogP contribution in [-0.4, -0.2) is 49.6 Å². The van der Waals surface area contributed by atoms with Crippen LogP contribution in [0.25, 0.3) is 0 Å². The number of carbonyl (C=O) groups excluding carboxylic acids is 2. The normalized spacial score (nSPS) is 24.8. The number of fused-ring (bicyclic) bond motifs is 2. The van der Waals surface area contributed by atoms with E-state index in [2.05, 4.69) is 39.0 Å². The van der Waals surface area contributed by atoms with Gasteiger partial charge in [0.25, 0.3) is 5.88 Å². The number of benzene rings is 1. The van der Waals surface area contributed by atoms with E-state index in [1.807, 2.05) is 55.4 Å². The van der Waals surface area contributed by atoms with Crippen LogP contribution in [0.4, 0.5) is 0 Å². The van der Waals surface area contributed by atoms with E-state index < -0.39 is 25.6 Å². The third kappa shape index (κ3) is 4.11. The van der Waals surface area contributed by atoms with Crippen molar-refractivity contribution in [1.82, 2.24) is 10.1 Å². The summed E-state index contributed by atoms with van der Waals surface area (Å²) in [6.07, 6.45) is 2.44. The van der Waals surface area contributed by atoms with E-state index in [9.17, 15) is 9.59 Å². The molecule has 2 aliphatic rings. The van der Waals surface area contributed by atoms with Crippen LogP contribution in [0.5, 0.6) is 5.88 Å². The molecule has 0 saturated carbocycles. The maximum absolute atomic E-state index is 14.4. The van der Waals surface area contributed by atoms with Gasteiger partial charge in [0.1, 0.15) is 12.2 Å². The zero-order valence-corrected chi connectivity index (χ0v) is 23.0. The first-order valence-corrected chi connectivity index (χ1v) is 15.0. The molecule has 35 heavy (non-hydrogen) atoms. The standard InChI is InChI=1S/C27H36N2O5Si/c1-17-14-15-19-21(29(5)6)22-20(25(28-33-22)32-16-18-12-10-9-11-13-18)24(31)27(19,23(17)30)34-35(7,8)26(2,3)4/h9-14,19,21H,15-16H2,1-8H3/t19-,21-,27-/m0/s1. The lowest BCUT2D eigenvalue weighted by Crippen LogP contribution is -2.66. The Balaban J connectivity index is 1.87. The smallest absolute Gasteiger partial charge is 0.265 e. The van der Waals surface area contributed by atoms with Crippen molar-refractivity contribution in [3.63, 3.8) is 0 Å². The molecule has 0 fully saturated rings. The molecule has 1 aromatic heterocycles. The highest BCUT2D eigenvalue weighted by molar-refractivity contribution is 6.74. The van der Waals surface area contributed by atoms with Gasteiger partial charge >= 0.3 is 0 Å². The van der Waals surface area contributed by atoms with E-state index >= 15 is 0 Å². The fourth-order valence-corrected chi connectivity index (χ4v) is 6.30. The molecule has 7 nitrogen and oxygen atoms in total. The highest BCUT2D eigenvalue weighted by Crippen LogP contribution is 2.54. The minimum Gasteiger partial charge on any atom is -0.470 e. The summed E-state index contributed by atoms with van der Waals surface area (Å²) in [6, 6.07) is 9.28. The molecule has 188 valence electrons. The van der Waals surface area contributed by atoms with E-state index in [-0.39, 0.29) is 34.9 Å². The Morgan fingerprint density at radius 2 is 1.80 bits per heavy atom. The van der Waals surface area contributed by atoms with Gasteiger partial charge in [0.15, 0.2) is 25.5 Å². The molecular weight excluding hydrogens is 460 g/mol. The topological polar surface area (TPSA) is 81.9 Å². The van der Waals surface area contributed by atoms with E-state index in [0.29, 0.717) is 17.8 Å². The van der Waals surface area contributed by atoms with Crippen molar-refractivity contribution >= 4 is 19.9 Å². The van der Waals surface area contributed by atoms with E-state index in [1.165, 1.54) is 0 Å². The van der Waals surface area contributed by atoms with Crippen LogP contribution < -0.4 is 4.74 Å². The lowest BCUT2D eigenvalue weighted by Gasteiger charge is -2.52. The first kappa shape index (κ1) is 25.5. The number of ketones is 2. The van der Waals surface area contributed by atoms with Crippen LogP contribution in [0.15, 0.2) is 46.5 Å². The van der Waals surface area contributed by atoms with Gasteiger partial charge in [-0.15, -0.1) is 0 Å². The second kappa shape index (κ2) is 8.83. The summed E-state index contributed by atoms with van der Waals surface area (Å²) in [5, 5.41) is 3.96. The first-order valence-electron chi connectivity index (χ1n) is 12.1. The van der Waals surface area contributed by atoms with Gasteiger partial charge in [0, 0.05) is 5.92 Å². The Hall–Kier alpha value is -2.55. The number of Topliss-reactive ketones (excluding diaryl/α,β-unsaturated/α-hetero) is 2. The van der Waals surface area contributed by atoms with Gasteiger partial charge < -0.3 is 13.7 Å². The Labute approximate surface area is 208 Å². The van der Waals surface area contributed by atoms with Gasteiger partial charge in [-0.05, 0) is 61.9 Å². The summed E-state index contributed by atoms with van der Waals surface area (Å²) in [7, 11) is 1.29. The van der Waals surface area contributed by atoms with Crippen LogP contribution in [0, 0.1) is 5.92 Å². The molecule has 0 saturated heterocycles. The zero-order chi connectivity index (χ0) is 25.8. The van der Waals surface area contributed by atoms with Crippen LogP contribution in [0.1, 0.15) is 61.8 Å². The van der Waals surface area contributed by atoms with Crippen LogP contribution in [-0.2, 0) is 15.8 Å². The van der Waals surface area contributed by atoms with Crippen molar-refractivity contribution in [2.24, 2.45) is 5.92 Å². The fourth-order valence-electron chi connectivity index (χ4n) is 4.86. The van der Waals surface area contributed by atoms with Crippen LogP contribution in [0.3, 0.4) is 0 Å². The first-order chi connectivity index (χ1) is 16.3. The number of aromatic nitrogens is 1. The van der Waals surface area contributed by atoms with Gasteiger partial charge in [-0.1, -0.05) is 57.2 Å². The minimum absolute atomic E-state index is 0.109. The maximum atomic E-state index is 14.4. The van der Waals surface area contributed by atoms with E-state index in [0.717, 1.165) is 5.56 Å². The minimum atomic E-state index is -2.56. The highest BCUT2D eigenvalue weighted by atomic mass is 28.4. The molecule has 1 aromatic carbocycles. The van der Waals surface area contributed by atoms with Gasteiger partial charge in [-0.2, -0.15) is 0 Å². The summed E-state index contributed by atoms with van der Waals surface area (Å²) in [4.78, 5) is 30.4. The molecule has 2 aromatic rings. The highest BCUT2D eigenvalue weighted by Gasteiger charge is 2.65. The molecule has 1 heterocycles. The number of hydrogen-bond donors (Lipinski definition) is 0. The van der Waals surface area contributed by atoms with Crippen LogP contribution in [0.2, 0.25) is 18.1 Å². The molecule has 0 N–H and O–H groups in total. The third-order valence-electron chi connectivity index (χ3n) is 7.79. The lowest BCUT2D eigenvalue weighted by atomic mass is 9.63. The molecule has 0 radical (unpaired) electrons. The third-order valence-corrected chi connectivity index (χ3v) is 12.2.